The van der Waals surface area contributed by atoms with E-state index in [1.165, 1.54) is 7.11 Å². The van der Waals surface area contributed by atoms with Gasteiger partial charge in [-0.15, -0.1) is 0 Å². The summed E-state index contributed by atoms with van der Waals surface area (Å²) < 4.78 is 8.01. The van der Waals surface area contributed by atoms with Gasteiger partial charge in [0.05, 0.1) is 18.3 Å². The molecule has 0 spiro atoms. The molecule has 0 fully saturated rings. The van der Waals surface area contributed by atoms with Gasteiger partial charge in [0.1, 0.15) is 5.69 Å². The Bertz CT molecular complexity index is 1110. The van der Waals surface area contributed by atoms with E-state index >= 15 is 0 Å². The van der Waals surface area contributed by atoms with Crippen molar-refractivity contribution >= 4 is 43.7 Å². The van der Waals surface area contributed by atoms with Gasteiger partial charge < -0.3 is 9.30 Å². The minimum atomic E-state index is -0.437. The van der Waals surface area contributed by atoms with Gasteiger partial charge in [0, 0.05) is 33.4 Å². The van der Waals surface area contributed by atoms with Crippen LogP contribution in [0.3, 0.4) is 0 Å². The SMILES string of the molecule is COC(=O)c1cc2c3ccccc3n(C)c2c(-c2ccc(Br)cc2)n1. The molecule has 0 N–H and O–H groups in total. The third-order valence-electron chi connectivity index (χ3n) is 4.40. The summed E-state index contributed by atoms with van der Waals surface area (Å²) in [4.78, 5) is 16.8. The van der Waals surface area contributed by atoms with Crippen LogP contribution in [0.25, 0.3) is 33.1 Å². The maximum atomic E-state index is 12.1. The molecule has 2 aromatic carbocycles. The summed E-state index contributed by atoms with van der Waals surface area (Å²) in [5.41, 5.74) is 4.12. The summed E-state index contributed by atoms with van der Waals surface area (Å²) in [7, 11) is 3.39. The molecule has 124 valence electrons. The Balaban J connectivity index is 2.15. The molecule has 0 atom stereocenters. The zero-order valence-corrected chi connectivity index (χ0v) is 15.4. The fraction of sp³-hybridized carbons (Fsp3) is 0.100. The number of ether oxygens (including phenoxy) is 1. The van der Waals surface area contributed by atoms with Crippen LogP contribution in [0, 0.1) is 0 Å². The average Bonchev–Trinajstić information content (AvgIpc) is 2.94. The Kier molecular flexibility index (Phi) is 3.81. The highest BCUT2D eigenvalue weighted by molar-refractivity contribution is 9.10. The average molecular weight is 395 g/mol. The topological polar surface area (TPSA) is 44.1 Å². The third kappa shape index (κ3) is 2.51. The number of aromatic nitrogens is 2. The van der Waals surface area contributed by atoms with Crippen LogP contribution in [-0.2, 0) is 11.8 Å². The predicted molar refractivity (Wildman–Crippen MR) is 103 cm³/mol. The fourth-order valence-electron chi connectivity index (χ4n) is 3.22. The lowest BCUT2D eigenvalue weighted by molar-refractivity contribution is 0.0594. The van der Waals surface area contributed by atoms with Gasteiger partial charge in [-0.1, -0.05) is 46.3 Å². The van der Waals surface area contributed by atoms with E-state index in [-0.39, 0.29) is 0 Å². The smallest absolute Gasteiger partial charge is 0.356 e. The van der Waals surface area contributed by atoms with E-state index in [2.05, 4.69) is 37.6 Å². The zero-order valence-electron chi connectivity index (χ0n) is 13.8. The molecule has 0 saturated carbocycles. The van der Waals surface area contributed by atoms with E-state index in [4.69, 9.17) is 4.74 Å². The van der Waals surface area contributed by atoms with Gasteiger partial charge in [0.15, 0.2) is 0 Å². The molecule has 0 amide bonds. The molecule has 5 heteroatoms. The van der Waals surface area contributed by atoms with Gasteiger partial charge in [-0.05, 0) is 24.3 Å². The van der Waals surface area contributed by atoms with Crippen molar-refractivity contribution in [2.75, 3.05) is 7.11 Å². The number of para-hydroxylation sites is 1. The van der Waals surface area contributed by atoms with E-state index in [1.54, 1.807) is 0 Å². The lowest BCUT2D eigenvalue weighted by atomic mass is 10.1. The van der Waals surface area contributed by atoms with Crippen molar-refractivity contribution in [1.82, 2.24) is 9.55 Å². The summed E-state index contributed by atoms with van der Waals surface area (Å²) in [5, 5.41) is 2.08. The number of pyridine rings is 1. The van der Waals surface area contributed by atoms with E-state index in [9.17, 15) is 4.79 Å². The van der Waals surface area contributed by atoms with E-state index in [0.29, 0.717) is 5.69 Å². The molecule has 2 heterocycles. The molecule has 0 aliphatic carbocycles. The monoisotopic (exact) mass is 394 g/mol. The molecule has 25 heavy (non-hydrogen) atoms. The molecule has 4 nitrogen and oxygen atoms in total. The van der Waals surface area contributed by atoms with E-state index in [0.717, 1.165) is 37.5 Å². The number of rotatable bonds is 2. The van der Waals surface area contributed by atoms with Crippen LogP contribution in [-0.4, -0.2) is 22.6 Å². The molecule has 0 aliphatic heterocycles. The Morgan fingerprint density at radius 3 is 2.52 bits per heavy atom. The number of carbonyl (C=O) groups excluding carboxylic acids is 1. The van der Waals surface area contributed by atoms with Crippen LogP contribution < -0.4 is 0 Å². The number of nitrogens with zero attached hydrogens (tertiary/aromatic N) is 2. The number of aryl methyl sites for hydroxylation is 1. The minimum Gasteiger partial charge on any atom is -0.464 e. The maximum Gasteiger partial charge on any atom is 0.356 e. The largest absolute Gasteiger partial charge is 0.464 e. The Labute approximate surface area is 153 Å². The number of methoxy groups -OCH3 is 1. The second-order valence-corrected chi connectivity index (χ2v) is 6.74. The second-order valence-electron chi connectivity index (χ2n) is 5.83. The summed E-state index contributed by atoms with van der Waals surface area (Å²) in [6, 6.07) is 17.9. The van der Waals surface area contributed by atoms with Crippen LogP contribution in [0.4, 0.5) is 0 Å². The van der Waals surface area contributed by atoms with Crippen LogP contribution in [0.2, 0.25) is 0 Å². The van der Waals surface area contributed by atoms with Crippen LogP contribution in [0.15, 0.2) is 59.1 Å². The normalized spacial score (nSPS) is 11.2. The van der Waals surface area contributed by atoms with E-state index < -0.39 is 5.97 Å². The van der Waals surface area contributed by atoms with Crippen molar-refractivity contribution in [1.29, 1.82) is 0 Å². The Morgan fingerprint density at radius 2 is 1.80 bits per heavy atom. The highest BCUT2D eigenvalue weighted by Crippen LogP contribution is 2.35. The van der Waals surface area contributed by atoms with Gasteiger partial charge in [0.2, 0.25) is 0 Å². The molecule has 4 aromatic rings. The number of halogens is 1. The summed E-state index contributed by atoms with van der Waals surface area (Å²) in [6.45, 7) is 0. The first-order chi connectivity index (χ1) is 12.1. The molecule has 0 unspecified atom stereocenters. The Hall–Kier alpha value is -2.66. The fourth-order valence-corrected chi connectivity index (χ4v) is 3.48. The lowest BCUT2D eigenvalue weighted by Crippen LogP contribution is -2.06. The predicted octanol–water partition coefficient (Wildman–Crippen LogP) is 4.94. The Morgan fingerprint density at radius 1 is 1.08 bits per heavy atom. The number of carbonyl (C=O) groups is 1. The highest BCUT2D eigenvalue weighted by atomic mass is 79.9. The molecule has 0 saturated heterocycles. The van der Waals surface area contributed by atoms with Crippen molar-refractivity contribution in [3.63, 3.8) is 0 Å². The first kappa shape index (κ1) is 15.8. The molecular formula is C20H15BrN2O2. The highest BCUT2D eigenvalue weighted by Gasteiger charge is 2.19. The van der Waals surface area contributed by atoms with Gasteiger partial charge >= 0.3 is 5.97 Å². The van der Waals surface area contributed by atoms with Gasteiger partial charge in [-0.25, -0.2) is 9.78 Å². The molecule has 0 bridgehead atoms. The minimum absolute atomic E-state index is 0.310. The molecule has 2 aromatic heterocycles. The number of hydrogen-bond acceptors (Lipinski definition) is 3. The van der Waals surface area contributed by atoms with Gasteiger partial charge in [0.25, 0.3) is 0 Å². The molecule has 0 aliphatic rings. The number of esters is 1. The second kappa shape index (κ2) is 6.01. The number of benzene rings is 2. The molecular weight excluding hydrogens is 380 g/mol. The van der Waals surface area contributed by atoms with E-state index in [1.807, 2.05) is 49.5 Å². The van der Waals surface area contributed by atoms with Crippen LogP contribution in [0.1, 0.15) is 10.5 Å². The summed E-state index contributed by atoms with van der Waals surface area (Å²) >= 11 is 3.46. The van der Waals surface area contributed by atoms with Gasteiger partial charge in [-0.2, -0.15) is 0 Å². The number of hydrogen-bond donors (Lipinski definition) is 0. The standard InChI is InChI=1S/C20H15BrN2O2/c1-23-17-6-4-3-5-14(17)15-11-16(20(24)25-2)22-18(19(15)23)12-7-9-13(21)10-8-12/h3-11H,1-2H3. The zero-order chi connectivity index (χ0) is 17.6. The van der Waals surface area contributed by atoms with Crippen molar-refractivity contribution in [2.24, 2.45) is 7.05 Å². The first-order valence-corrected chi connectivity index (χ1v) is 8.62. The van der Waals surface area contributed by atoms with Gasteiger partial charge in [-0.3, -0.25) is 0 Å². The summed E-state index contributed by atoms with van der Waals surface area (Å²) in [6.07, 6.45) is 0. The summed E-state index contributed by atoms with van der Waals surface area (Å²) in [5.74, 6) is -0.437. The third-order valence-corrected chi connectivity index (χ3v) is 4.92. The van der Waals surface area contributed by atoms with Crippen molar-refractivity contribution < 1.29 is 9.53 Å². The molecule has 4 rings (SSSR count). The van der Waals surface area contributed by atoms with Crippen LogP contribution in [0.5, 0.6) is 0 Å². The quantitative estimate of drug-likeness (QED) is 0.452. The van der Waals surface area contributed by atoms with Crippen molar-refractivity contribution in [3.8, 4) is 11.3 Å². The van der Waals surface area contributed by atoms with Crippen molar-refractivity contribution in [2.45, 2.75) is 0 Å². The maximum absolute atomic E-state index is 12.1. The van der Waals surface area contributed by atoms with Crippen LogP contribution >= 0.6 is 15.9 Å². The van der Waals surface area contributed by atoms with Crippen molar-refractivity contribution in [3.05, 3.63) is 64.8 Å². The first-order valence-electron chi connectivity index (χ1n) is 7.82. The molecule has 0 radical (unpaired) electrons. The number of fused-ring (bicyclic) bond motifs is 3. The lowest BCUT2D eigenvalue weighted by Gasteiger charge is -2.09.